The number of amides is 13. The molecule has 0 radical (unpaired) electrons. The smallest absolute Gasteiger partial charge is 0.245 e. The van der Waals surface area contributed by atoms with Crippen LogP contribution in [0.3, 0.4) is 0 Å². The van der Waals surface area contributed by atoms with E-state index in [-0.39, 0.29) is 94.9 Å². The normalized spacial score (nSPS) is 14.1. The number of carbonyl (C=O) groups excluding carboxylic acids is 13. The lowest BCUT2D eigenvalue weighted by atomic mass is 10.0. The molecule has 0 saturated carbocycles. The first kappa shape index (κ1) is 85.5. The Balaban J connectivity index is 2.20. The van der Waals surface area contributed by atoms with Crippen LogP contribution in [0.4, 0.5) is 0 Å². The number of aliphatic hydroxyl groups is 2. The van der Waals surface area contributed by atoms with Crippen molar-refractivity contribution in [3.8, 4) is 6.07 Å². The van der Waals surface area contributed by atoms with Crippen LogP contribution in [-0.2, 0) is 75.2 Å². The van der Waals surface area contributed by atoms with Crippen molar-refractivity contribution in [2.45, 2.75) is 164 Å². The number of nitriles is 1. The SMILES string of the molecule is C[C@H](NC(=O)CNC(=O)[C@@H](NC(=O)[C@H](Cc1ccc(C#N)cc1)NC(=O)CNC(=O)CNC(=O)[C@@H](N)Cc1ccccc1)[C@@H](C)O)C(=O)N[C@@H](CCCN=C(N)N)C(=O)N[C@@H](CCCCN)C(=O)N[C@@H](CO)C(=O)N[C@@H](C)C(=O)N[C@@H](CCCN=C(N)N)C(=O)N[C@@H](CCCCN)C(N)=O. The maximum atomic E-state index is 14.1. The highest BCUT2D eigenvalue weighted by atomic mass is 16.3. The third-order valence-electron chi connectivity index (χ3n) is 14.8. The van der Waals surface area contributed by atoms with Crippen LogP contribution >= 0.6 is 0 Å². The molecule has 0 aliphatic heterocycles. The molecule has 100 heavy (non-hydrogen) atoms. The second kappa shape index (κ2) is 46.6. The van der Waals surface area contributed by atoms with E-state index >= 15 is 0 Å². The van der Waals surface area contributed by atoms with Crippen molar-refractivity contribution in [1.29, 1.82) is 5.26 Å². The van der Waals surface area contributed by atoms with Crippen LogP contribution in [0, 0.1) is 11.3 Å². The molecule has 0 saturated heterocycles. The van der Waals surface area contributed by atoms with Crippen LogP contribution in [0.2, 0.25) is 0 Å². The van der Waals surface area contributed by atoms with Gasteiger partial charge in [-0.2, -0.15) is 5.26 Å². The number of nitrogens with two attached hydrogens (primary N) is 8. The molecule has 38 heteroatoms. The molecule has 0 fully saturated rings. The summed E-state index contributed by atoms with van der Waals surface area (Å²) in [7, 11) is 0. The van der Waals surface area contributed by atoms with Gasteiger partial charge >= 0.3 is 0 Å². The highest BCUT2D eigenvalue weighted by Gasteiger charge is 2.34. The minimum Gasteiger partial charge on any atom is -0.394 e. The molecule has 11 atom stereocenters. The average Bonchev–Trinajstić information content (AvgIpc) is 0.890. The largest absolute Gasteiger partial charge is 0.394 e. The van der Waals surface area contributed by atoms with Gasteiger partial charge in [0.2, 0.25) is 76.8 Å². The highest BCUT2D eigenvalue weighted by molar-refractivity contribution is 5.99. The molecule has 0 aliphatic carbocycles. The summed E-state index contributed by atoms with van der Waals surface area (Å²) in [4.78, 5) is 181. The number of carbonyl (C=O) groups is 13. The Kier molecular flexibility index (Phi) is 39.8. The summed E-state index contributed by atoms with van der Waals surface area (Å²) in [5.41, 5.74) is 46.1. The van der Waals surface area contributed by atoms with Gasteiger partial charge in [0.05, 0.1) is 50.0 Å². The van der Waals surface area contributed by atoms with E-state index in [0.29, 0.717) is 31.4 Å². The summed E-state index contributed by atoms with van der Waals surface area (Å²) in [6.45, 7) is 1.05. The van der Waals surface area contributed by atoms with Crippen molar-refractivity contribution in [3.05, 3.63) is 71.3 Å². The molecule has 552 valence electrons. The molecule has 13 amide bonds. The molecule has 30 N–H and O–H groups in total. The summed E-state index contributed by atoms with van der Waals surface area (Å²) in [5.74, 6) is -12.4. The Morgan fingerprint density at radius 3 is 1.36 bits per heavy atom. The van der Waals surface area contributed by atoms with Crippen LogP contribution in [0.15, 0.2) is 64.6 Å². The number of guanidine groups is 2. The first-order chi connectivity index (χ1) is 47.4. The van der Waals surface area contributed by atoms with Gasteiger partial charge in [-0.3, -0.25) is 72.3 Å². The zero-order valence-electron chi connectivity index (χ0n) is 56.4. The van der Waals surface area contributed by atoms with Gasteiger partial charge in [0.1, 0.15) is 54.4 Å². The van der Waals surface area contributed by atoms with Crippen molar-refractivity contribution >= 4 is 88.7 Å². The Hall–Kier alpha value is -10.6. The quantitative estimate of drug-likeness (QED) is 0.0166. The Bertz CT molecular complexity index is 3140. The lowest BCUT2D eigenvalue weighted by Crippen LogP contribution is -2.60. The Labute approximate surface area is 578 Å². The first-order valence-electron chi connectivity index (χ1n) is 32.3. The first-order valence-corrected chi connectivity index (χ1v) is 32.3. The van der Waals surface area contributed by atoms with Crippen molar-refractivity contribution in [3.63, 3.8) is 0 Å². The van der Waals surface area contributed by atoms with Gasteiger partial charge in [-0.15, -0.1) is 0 Å². The van der Waals surface area contributed by atoms with Gasteiger partial charge < -0.3 is 120 Å². The van der Waals surface area contributed by atoms with Crippen LogP contribution < -0.4 is 110 Å². The third-order valence-corrected chi connectivity index (χ3v) is 14.8. The van der Waals surface area contributed by atoms with Gasteiger partial charge in [0.25, 0.3) is 0 Å². The van der Waals surface area contributed by atoms with E-state index in [1.165, 1.54) is 38.1 Å². The predicted octanol–water partition coefficient (Wildman–Crippen LogP) is -9.35. The Morgan fingerprint density at radius 2 is 0.870 bits per heavy atom. The lowest BCUT2D eigenvalue weighted by molar-refractivity contribution is -0.136. The van der Waals surface area contributed by atoms with Crippen LogP contribution in [-0.4, -0.2) is 218 Å². The third kappa shape index (κ3) is 34.0. The molecule has 0 spiro atoms. The number of primary amides is 1. The second-order valence-corrected chi connectivity index (χ2v) is 23.2. The van der Waals surface area contributed by atoms with Gasteiger partial charge in [0.15, 0.2) is 11.9 Å². The topological polar surface area (TPSA) is 663 Å². The minimum atomic E-state index is -1.77. The van der Waals surface area contributed by atoms with E-state index in [4.69, 9.17) is 45.9 Å². The van der Waals surface area contributed by atoms with E-state index in [0.717, 1.165) is 12.5 Å². The molecule has 0 aliphatic rings. The summed E-state index contributed by atoms with van der Waals surface area (Å²) >= 11 is 0. The number of nitrogens with zero attached hydrogens (tertiary/aromatic N) is 3. The standard InChI is InChI=1S/C62H99N23O15/c1-34(77-48(89)32-76-60(100)50(36(3)87)85-58(98)45(28-38-19-21-39(29-65)22-20-38)79-49(90)31-74-47(88)30-75-54(94)40(66)27-37-13-5-4-6-14-37)52(92)81-44(18-12-26-73-62(70)71)56(96)83-42(16-8-10-24-64)57(97)84-46(33-86)59(99)78-35(2)53(93)82-43(17-11-25-72-61(68)69)55(95)80-41(51(67)91)15-7-9-23-63/h4-6,13-14,19-22,34-36,40-46,50,86-87H,7-12,15-18,23-28,30-33,63-64,66H2,1-3H3,(H2,67,91)(H,74,88)(H,75,94)(H,76,100)(H,77,89)(H,78,99)(H,79,90)(H,80,95)(H,81,92)(H,82,93)(H,83,96)(H,84,97)(H,85,98)(H4,68,69,72)(H4,70,71,73)/t34-,35-,36+,40-,41-,42-,43-,44-,45-,46-,50-/m0/s1. The van der Waals surface area contributed by atoms with Crippen molar-refractivity contribution in [2.24, 2.45) is 55.9 Å². The van der Waals surface area contributed by atoms with Crippen molar-refractivity contribution in [2.75, 3.05) is 52.4 Å². The van der Waals surface area contributed by atoms with Gasteiger partial charge in [-0.1, -0.05) is 42.5 Å². The lowest BCUT2D eigenvalue weighted by Gasteiger charge is -2.26. The molecule has 38 nitrogen and oxygen atoms in total. The molecule has 0 heterocycles. The minimum absolute atomic E-state index is 0.0348. The average molecular weight is 1410 g/mol. The van der Waals surface area contributed by atoms with Crippen molar-refractivity contribution in [1.82, 2.24) is 63.8 Å². The van der Waals surface area contributed by atoms with Crippen LogP contribution in [0.25, 0.3) is 0 Å². The molecule has 2 aromatic carbocycles. The fourth-order valence-electron chi connectivity index (χ4n) is 9.27. The van der Waals surface area contributed by atoms with Crippen molar-refractivity contribution < 1.29 is 72.5 Å². The molecule has 0 aromatic heterocycles. The fraction of sp³-hybridized carbons (Fsp3) is 0.548. The van der Waals surface area contributed by atoms with E-state index in [2.05, 4.69) is 73.8 Å². The maximum Gasteiger partial charge on any atom is 0.245 e. The number of aliphatic imine (C=N–C) groups is 2. The van der Waals surface area contributed by atoms with Gasteiger partial charge in [-0.25, -0.2) is 0 Å². The molecule has 2 aromatic rings. The molecular weight excluding hydrogens is 1310 g/mol. The fourth-order valence-corrected chi connectivity index (χ4v) is 9.27. The van der Waals surface area contributed by atoms with Crippen LogP contribution in [0.5, 0.6) is 0 Å². The Morgan fingerprint density at radius 1 is 0.450 bits per heavy atom. The zero-order chi connectivity index (χ0) is 74.9. The number of hydrogen-bond acceptors (Lipinski definition) is 21. The molecule has 2 rings (SSSR count). The maximum absolute atomic E-state index is 14.1. The number of aliphatic hydroxyl groups excluding tert-OH is 2. The van der Waals surface area contributed by atoms with E-state index < -0.39 is 170 Å². The van der Waals surface area contributed by atoms with Crippen LogP contribution in [0.1, 0.15) is 102 Å². The summed E-state index contributed by atoms with van der Waals surface area (Å²) < 4.78 is 0. The zero-order valence-corrected chi connectivity index (χ0v) is 56.4. The second-order valence-electron chi connectivity index (χ2n) is 23.2. The van der Waals surface area contributed by atoms with Gasteiger partial charge in [-0.05, 0) is 128 Å². The van der Waals surface area contributed by atoms with E-state index in [9.17, 15) is 77.8 Å². The number of hydrogen-bond donors (Lipinski definition) is 22. The summed E-state index contributed by atoms with van der Waals surface area (Å²) in [6, 6.07) is 2.65. The van der Waals surface area contributed by atoms with Gasteiger partial charge in [0, 0.05) is 19.5 Å². The monoisotopic (exact) mass is 1410 g/mol. The highest BCUT2D eigenvalue weighted by Crippen LogP contribution is 2.11. The molecular formula is C62H99N23O15. The summed E-state index contributed by atoms with van der Waals surface area (Å²) in [5, 5.41) is 59.3. The predicted molar refractivity (Wildman–Crippen MR) is 364 cm³/mol. The molecule has 0 unspecified atom stereocenters. The summed E-state index contributed by atoms with van der Waals surface area (Å²) in [6.07, 6.45) is 0.0122. The number of nitrogens with one attached hydrogen (secondary N) is 12. The van der Waals surface area contributed by atoms with E-state index in [1.807, 2.05) is 6.07 Å². The number of benzene rings is 2. The number of rotatable bonds is 47. The number of unbranched alkanes of at least 4 members (excludes halogenated alkanes) is 2. The van der Waals surface area contributed by atoms with E-state index in [1.54, 1.807) is 30.3 Å². The molecule has 0 bridgehead atoms.